The first kappa shape index (κ1) is 11.3. The zero-order valence-corrected chi connectivity index (χ0v) is 8.22. The van der Waals surface area contributed by atoms with Crippen molar-refractivity contribution in [2.45, 2.75) is 46.5 Å². The Hall–Kier alpha value is -0.660. The fourth-order valence-corrected chi connectivity index (χ4v) is 1.19. The lowest BCUT2D eigenvalue weighted by molar-refractivity contribution is -0.127. The average Bonchev–Trinajstić information content (AvgIpc) is 2.12. The van der Waals surface area contributed by atoms with Crippen LogP contribution >= 0.6 is 0 Å². The Morgan fingerprint density at radius 1 is 1.08 bits per heavy atom. The molecule has 0 fully saturated rings. The van der Waals surface area contributed by atoms with Gasteiger partial charge in [-0.25, -0.2) is 0 Å². The van der Waals surface area contributed by atoms with Crippen LogP contribution < -0.4 is 0 Å². The van der Waals surface area contributed by atoms with E-state index in [0.717, 1.165) is 6.42 Å². The number of hydrogen-bond acceptors (Lipinski definition) is 2. The number of hydrogen-bond donors (Lipinski definition) is 0. The summed E-state index contributed by atoms with van der Waals surface area (Å²) in [5, 5.41) is 0. The number of carbonyl (C=O) groups excluding carboxylic acids is 2. The summed E-state index contributed by atoms with van der Waals surface area (Å²) in [7, 11) is 0. The molecule has 0 bridgehead atoms. The topological polar surface area (TPSA) is 34.1 Å². The summed E-state index contributed by atoms with van der Waals surface area (Å²) >= 11 is 0. The lowest BCUT2D eigenvalue weighted by Gasteiger charge is -2.10. The van der Waals surface area contributed by atoms with E-state index in [2.05, 4.69) is 0 Å². The van der Waals surface area contributed by atoms with Crippen LogP contribution in [-0.4, -0.2) is 11.6 Å². The van der Waals surface area contributed by atoms with Crippen LogP contribution in [0.25, 0.3) is 0 Å². The van der Waals surface area contributed by atoms with Gasteiger partial charge in [0.25, 0.3) is 0 Å². The molecule has 0 aliphatic rings. The molecule has 0 amide bonds. The van der Waals surface area contributed by atoms with Gasteiger partial charge in [-0.2, -0.15) is 0 Å². The molecule has 2 heteroatoms. The minimum absolute atomic E-state index is 0.0255. The van der Waals surface area contributed by atoms with Gasteiger partial charge in [-0.1, -0.05) is 20.8 Å². The normalized spacial score (nSPS) is 12.6. The Kier molecular flexibility index (Phi) is 5.60. The second-order valence-corrected chi connectivity index (χ2v) is 3.02. The molecule has 0 unspecified atom stereocenters. The molecule has 70 valence electrons. The third-order valence-corrected chi connectivity index (χ3v) is 2.17. The van der Waals surface area contributed by atoms with Crippen LogP contribution in [0, 0.1) is 5.92 Å². The molecule has 0 heterocycles. The van der Waals surface area contributed by atoms with Gasteiger partial charge in [0.15, 0.2) is 0 Å². The second kappa shape index (κ2) is 5.92. The van der Waals surface area contributed by atoms with E-state index in [1.54, 1.807) is 0 Å². The van der Waals surface area contributed by atoms with Gasteiger partial charge in [0, 0.05) is 25.2 Å². The van der Waals surface area contributed by atoms with Crippen molar-refractivity contribution in [3.8, 4) is 0 Å². The molecule has 0 saturated carbocycles. The van der Waals surface area contributed by atoms with Gasteiger partial charge in [0.2, 0.25) is 0 Å². The van der Waals surface area contributed by atoms with Gasteiger partial charge in [-0.05, 0) is 6.42 Å². The Balaban J connectivity index is 3.99. The van der Waals surface area contributed by atoms with Crippen molar-refractivity contribution in [1.82, 2.24) is 0 Å². The summed E-state index contributed by atoms with van der Waals surface area (Å²) < 4.78 is 0. The Morgan fingerprint density at radius 3 is 2.00 bits per heavy atom. The first-order valence-electron chi connectivity index (χ1n) is 4.70. The monoisotopic (exact) mass is 170 g/mol. The van der Waals surface area contributed by atoms with Crippen molar-refractivity contribution < 1.29 is 9.59 Å². The largest absolute Gasteiger partial charge is 0.300 e. The van der Waals surface area contributed by atoms with E-state index < -0.39 is 0 Å². The van der Waals surface area contributed by atoms with Crippen LogP contribution in [0.15, 0.2) is 0 Å². The molecule has 12 heavy (non-hydrogen) atoms. The zero-order chi connectivity index (χ0) is 9.56. The Morgan fingerprint density at radius 2 is 1.67 bits per heavy atom. The smallest absolute Gasteiger partial charge is 0.136 e. The van der Waals surface area contributed by atoms with Crippen LogP contribution in [-0.2, 0) is 9.59 Å². The first-order valence-corrected chi connectivity index (χ1v) is 4.70. The van der Waals surface area contributed by atoms with E-state index in [1.807, 2.05) is 20.8 Å². The first-order chi connectivity index (χ1) is 5.65. The maximum atomic E-state index is 11.2. The van der Waals surface area contributed by atoms with Crippen LogP contribution in [0.5, 0.6) is 0 Å². The highest BCUT2D eigenvalue weighted by Gasteiger charge is 2.16. The number of rotatable bonds is 6. The van der Waals surface area contributed by atoms with Crippen LogP contribution in [0.2, 0.25) is 0 Å². The average molecular weight is 170 g/mol. The molecule has 0 N–H and O–H groups in total. The highest BCUT2D eigenvalue weighted by Crippen LogP contribution is 2.12. The molecular formula is C10H18O2. The predicted octanol–water partition coefficient (Wildman–Crippen LogP) is 2.36. The molecule has 0 aliphatic carbocycles. The quantitative estimate of drug-likeness (QED) is 0.613. The molecule has 1 atom stereocenters. The van der Waals surface area contributed by atoms with Gasteiger partial charge < -0.3 is 0 Å². The van der Waals surface area contributed by atoms with E-state index in [9.17, 15) is 9.59 Å². The minimum Gasteiger partial charge on any atom is -0.300 e. The summed E-state index contributed by atoms with van der Waals surface area (Å²) in [5.74, 6) is 0.394. The molecule has 0 aromatic carbocycles. The third kappa shape index (κ3) is 3.65. The standard InChI is InChI=1S/C10H18O2/c1-4-8(10(12)6-3)7-9(11)5-2/h8H,4-7H2,1-3H3/t8-/m0/s1. The molecule has 0 rings (SSSR count). The summed E-state index contributed by atoms with van der Waals surface area (Å²) in [6.45, 7) is 5.65. The zero-order valence-electron chi connectivity index (χ0n) is 8.22. The Bertz CT molecular complexity index is 161. The lowest BCUT2D eigenvalue weighted by Crippen LogP contribution is -2.16. The number of ketones is 2. The molecule has 0 aromatic heterocycles. The summed E-state index contributed by atoms with van der Waals surface area (Å²) in [6, 6.07) is 0. The maximum absolute atomic E-state index is 11.2. The van der Waals surface area contributed by atoms with Crippen molar-refractivity contribution in [3.05, 3.63) is 0 Å². The lowest BCUT2D eigenvalue weighted by atomic mass is 9.93. The van der Waals surface area contributed by atoms with Crippen LogP contribution in [0.4, 0.5) is 0 Å². The molecule has 0 aliphatic heterocycles. The molecule has 0 spiro atoms. The van der Waals surface area contributed by atoms with Crippen LogP contribution in [0.3, 0.4) is 0 Å². The fourth-order valence-electron chi connectivity index (χ4n) is 1.19. The van der Waals surface area contributed by atoms with Crippen molar-refractivity contribution in [2.75, 3.05) is 0 Å². The molecule has 0 saturated heterocycles. The molecule has 0 radical (unpaired) electrons. The number of Topliss-reactive ketones (excluding diaryl/α,β-unsaturated/α-hetero) is 2. The highest BCUT2D eigenvalue weighted by molar-refractivity contribution is 5.87. The summed E-state index contributed by atoms with van der Waals surface area (Å²) in [5.41, 5.74) is 0. The molecule has 0 aromatic rings. The Labute approximate surface area is 74.3 Å². The fraction of sp³-hybridized carbons (Fsp3) is 0.800. The summed E-state index contributed by atoms with van der Waals surface area (Å²) in [4.78, 5) is 22.3. The van der Waals surface area contributed by atoms with E-state index in [-0.39, 0.29) is 17.5 Å². The molecule has 2 nitrogen and oxygen atoms in total. The highest BCUT2D eigenvalue weighted by atomic mass is 16.1. The van der Waals surface area contributed by atoms with Gasteiger partial charge in [-0.15, -0.1) is 0 Å². The maximum Gasteiger partial charge on any atom is 0.136 e. The predicted molar refractivity (Wildman–Crippen MR) is 49.0 cm³/mol. The molecular weight excluding hydrogens is 152 g/mol. The van der Waals surface area contributed by atoms with Crippen molar-refractivity contribution in [3.63, 3.8) is 0 Å². The van der Waals surface area contributed by atoms with Gasteiger partial charge >= 0.3 is 0 Å². The van der Waals surface area contributed by atoms with E-state index in [1.165, 1.54) is 0 Å². The van der Waals surface area contributed by atoms with Gasteiger partial charge in [-0.3, -0.25) is 9.59 Å². The van der Waals surface area contributed by atoms with Crippen molar-refractivity contribution in [1.29, 1.82) is 0 Å². The van der Waals surface area contributed by atoms with Gasteiger partial charge in [0.1, 0.15) is 11.6 Å². The second-order valence-electron chi connectivity index (χ2n) is 3.02. The minimum atomic E-state index is -0.0255. The SMILES string of the molecule is CCC(=O)C[C@H](CC)C(=O)CC. The van der Waals surface area contributed by atoms with Crippen molar-refractivity contribution >= 4 is 11.6 Å². The van der Waals surface area contributed by atoms with Gasteiger partial charge in [0.05, 0.1) is 0 Å². The third-order valence-electron chi connectivity index (χ3n) is 2.17. The van der Waals surface area contributed by atoms with Crippen LogP contribution in [0.1, 0.15) is 46.5 Å². The summed E-state index contributed by atoms with van der Waals surface area (Å²) in [6.07, 6.45) is 2.33. The van der Waals surface area contributed by atoms with E-state index in [4.69, 9.17) is 0 Å². The van der Waals surface area contributed by atoms with Crippen molar-refractivity contribution in [2.24, 2.45) is 5.92 Å². The van der Waals surface area contributed by atoms with E-state index >= 15 is 0 Å². The van der Waals surface area contributed by atoms with E-state index in [0.29, 0.717) is 19.3 Å². The number of carbonyl (C=O) groups is 2.